The molecule has 5 rings (SSSR count). The third-order valence-electron chi connectivity index (χ3n) is 6.27. The van der Waals surface area contributed by atoms with Crippen molar-refractivity contribution in [2.24, 2.45) is 0 Å². The number of carbonyl (C=O) groups is 1. The molecule has 0 spiro atoms. The standard InChI is InChI=1S/C25H30N8O2/c1-3-24(34)28-21-15-20(5-6-22(21)32-11-13-35-14-12-32)27-25-26-8-7-23(29-25)33-17-19(18(2)30-33)16-31-9-4-10-31/h3,5-8,15,17H,1,4,9-14,16H2,2H3,(H,28,34)(H,26,27,29). The number of aromatic nitrogens is 4. The van der Waals surface area contributed by atoms with Crippen LogP contribution in [-0.2, 0) is 16.1 Å². The van der Waals surface area contributed by atoms with E-state index >= 15 is 0 Å². The van der Waals surface area contributed by atoms with Crippen molar-refractivity contribution < 1.29 is 9.53 Å². The first-order chi connectivity index (χ1) is 17.1. The Morgan fingerprint density at radius 2 is 2.03 bits per heavy atom. The second kappa shape index (κ2) is 10.2. The maximum absolute atomic E-state index is 12.1. The number of likely N-dealkylation sites (tertiary alicyclic amines) is 1. The molecule has 4 heterocycles. The van der Waals surface area contributed by atoms with Gasteiger partial charge < -0.3 is 20.3 Å². The molecule has 2 fully saturated rings. The van der Waals surface area contributed by atoms with E-state index in [1.807, 2.05) is 37.4 Å². The van der Waals surface area contributed by atoms with Crippen LogP contribution >= 0.6 is 0 Å². The quantitative estimate of drug-likeness (QED) is 0.481. The molecule has 2 N–H and O–H groups in total. The summed E-state index contributed by atoms with van der Waals surface area (Å²) in [5.41, 5.74) is 4.60. The lowest BCUT2D eigenvalue weighted by Gasteiger charge is -2.30. The average molecular weight is 475 g/mol. The van der Waals surface area contributed by atoms with Gasteiger partial charge in [-0.05, 0) is 50.7 Å². The Hall–Kier alpha value is -3.76. The van der Waals surface area contributed by atoms with Gasteiger partial charge in [0, 0.05) is 49.3 Å². The highest BCUT2D eigenvalue weighted by Crippen LogP contribution is 2.31. The molecule has 35 heavy (non-hydrogen) atoms. The van der Waals surface area contributed by atoms with Crippen LogP contribution in [0.4, 0.5) is 23.0 Å². The number of rotatable bonds is 8. The molecule has 1 amide bonds. The minimum Gasteiger partial charge on any atom is -0.378 e. The van der Waals surface area contributed by atoms with E-state index in [0.717, 1.165) is 49.8 Å². The molecule has 3 aromatic rings. The first-order valence-electron chi connectivity index (χ1n) is 11.9. The molecule has 0 bridgehead atoms. The van der Waals surface area contributed by atoms with E-state index in [-0.39, 0.29) is 5.91 Å². The largest absolute Gasteiger partial charge is 0.378 e. The van der Waals surface area contributed by atoms with Gasteiger partial charge in [-0.15, -0.1) is 0 Å². The smallest absolute Gasteiger partial charge is 0.247 e. The van der Waals surface area contributed by atoms with Crippen LogP contribution in [0.25, 0.3) is 5.82 Å². The van der Waals surface area contributed by atoms with Crippen LogP contribution in [0.15, 0.2) is 49.3 Å². The van der Waals surface area contributed by atoms with Crippen LogP contribution < -0.4 is 15.5 Å². The summed E-state index contributed by atoms with van der Waals surface area (Å²) < 4.78 is 7.27. The maximum atomic E-state index is 12.1. The molecule has 2 saturated heterocycles. The Bertz CT molecular complexity index is 1210. The van der Waals surface area contributed by atoms with Gasteiger partial charge in [0.1, 0.15) is 0 Å². The van der Waals surface area contributed by atoms with Crippen LogP contribution in [0.1, 0.15) is 17.7 Å². The first-order valence-corrected chi connectivity index (χ1v) is 11.9. The van der Waals surface area contributed by atoms with Crippen molar-refractivity contribution in [2.45, 2.75) is 19.9 Å². The van der Waals surface area contributed by atoms with Crippen molar-refractivity contribution >= 4 is 28.9 Å². The molecular weight excluding hydrogens is 444 g/mol. The molecule has 0 unspecified atom stereocenters. The number of morpholine rings is 1. The molecule has 2 aromatic heterocycles. The Morgan fingerprint density at radius 3 is 2.77 bits per heavy atom. The molecule has 2 aliphatic rings. The molecule has 2 aliphatic heterocycles. The number of anilines is 4. The number of aryl methyl sites for hydroxylation is 1. The summed E-state index contributed by atoms with van der Waals surface area (Å²) in [6.07, 6.45) is 6.28. The highest BCUT2D eigenvalue weighted by molar-refractivity contribution is 6.01. The number of carbonyl (C=O) groups excluding carboxylic acids is 1. The number of hydrogen-bond acceptors (Lipinski definition) is 8. The fraction of sp³-hybridized carbons (Fsp3) is 0.360. The topological polar surface area (TPSA) is 100 Å². The number of ether oxygens (including phenoxy) is 1. The Morgan fingerprint density at radius 1 is 1.20 bits per heavy atom. The fourth-order valence-corrected chi connectivity index (χ4v) is 4.19. The summed E-state index contributed by atoms with van der Waals surface area (Å²) in [6.45, 7) is 11.6. The summed E-state index contributed by atoms with van der Waals surface area (Å²) in [7, 11) is 0. The number of hydrogen-bond donors (Lipinski definition) is 2. The fourth-order valence-electron chi connectivity index (χ4n) is 4.19. The molecule has 0 saturated carbocycles. The van der Waals surface area contributed by atoms with Crippen molar-refractivity contribution in [3.8, 4) is 5.82 Å². The monoisotopic (exact) mass is 474 g/mol. The maximum Gasteiger partial charge on any atom is 0.247 e. The van der Waals surface area contributed by atoms with E-state index in [4.69, 9.17) is 4.74 Å². The van der Waals surface area contributed by atoms with Crippen LogP contribution in [0, 0.1) is 6.92 Å². The number of nitrogens with zero attached hydrogens (tertiary/aromatic N) is 6. The zero-order chi connectivity index (χ0) is 24.2. The van der Waals surface area contributed by atoms with E-state index in [1.165, 1.54) is 18.1 Å². The average Bonchev–Trinajstić information content (AvgIpc) is 3.22. The highest BCUT2D eigenvalue weighted by atomic mass is 16.5. The van der Waals surface area contributed by atoms with E-state index in [9.17, 15) is 4.79 Å². The molecular formula is C25H30N8O2. The predicted octanol–water partition coefficient (Wildman–Crippen LogP) is 2.88. The van der Waals surface area contributed by atoms with Crippen LogP contribution in [0.2, 0.25) is 0 Å². The summed E-state index contributed by atoms with van der Waals surface area (Å²) in [5.74, 6) is 0.864. The lowest BCUT2D eigenvalue weighted by molar-refractivity contribution is -0.111. The molecule has 0 radical (unpaired) electrons. The zero-order valence-electron chi connectivity index (χ0n) is 19.9. The van der Waals surface area contributed by atoms with E-state index < -0.39 is 0 Å². The van der Waals surface area contributed by atoms with Crippen LogP contribution in [0.5, 0.6) is 0 Å². The molecule has 10 nitrogen and oxygen atoms in total. The summed E-state index contributed by atoms with van der Waals surface area (Å²) >= 11 is 0. The Balaban J connectivity index is 1.36. The third kappa shape index (κ3) is 5.33. The molecule has 1 aromatic carbocycles. The van der Waals surface area contributed by atoms with Crippen molar-refractivity contribution in [1.82, 2.24) is 24.6 Å². The lowest BCUT2D eigenvalue weighted by Crippen LogP contribution is -2.36. The van der Waals surface area contributed by atoms with Crippen molar-refractivity contribution in [2.75, 3.05) is 54.9 Å². The normalized spacial score (nSPS) is 16.0. The number of amides is 1. The van der Waals surface area contributed by atoms with Gasteiger partial charge in [-0.3, -0.25) is 9.69 Å². The Kier molecular flexibility index (Phi) is 6.73. The van der Waals surface area contributed by atoms with Gasteiger partial charge in [0.15, 0.2) is 5.82 Å². The van der Waals surface area contributed by atoms with Crippen molar-refractivity contribution in [3.63, 3.8) is 0 Å². The first kappa shape index (κ1) is 23.0. The third-order valence-corrected chi connectivity index (χ3v) is 6.27. The SMILES string of the molecule is C=CC(=O)Nc1cc(Nc2nccc(-n3cc(CN4CCC4)c(C)n3)n2)ccc1N1CCOCC1. The van der Waals surface area contributed by atoms with Gasteiger partial charge in [-0.2, -0.15) is 10.1 Å². The zero-order valence-corrected chi connectivity index (χ0v) is 19.9. The van der Waals surface area contributed by atoms with Gasteiger partial charge in [-0.1, -0.05) is 6.58 Å². The molecule has 0 aliphatic carbocycles. The minimum absolute atomic E-state index is 0.266. The van der Waals surface area contributed by atoms with Gasteiger partial charge in [0.25, 0.3) is 0 Å². The van der Waals surface area contributed by atoms with Crippen LogP contribution in [-0.4, -0.2) is 69.9 Å². The molecule has 182 valence electrons. The molecule has 0 atom stereocenters. The van der Waals surface area contributed by atoms with E-state index in [2.05, 4.69) is 42.1 Å². The Labute approximate surface area is 204 Å². The second-order valence-electron chi connectivity index (χ2n) is 8.70. The summed E-state index contributed by atoms with van der Waals surface area (Å²) in [4.78, 5) is 25.7. The van der Waals surface area contributed by atoms with Gasteiger partial charge >= 0.3 is 0 Å². The molecule has 10 heteroatoms. The van der Waals surface area contributed by atoms with Gasteiger partial charge in [-0.25, -0.2) is 9.67 Å². The lowest BCUT2D eigenvalue weighted by atomic mass is 10.1. The predicted molar refractivity (Wildman–Crippen MR) is 135 cm³/mol. The van der Waals surface area contributed by atoms with Crippen molar-refractivity contribution in [1.29, 1.82) is 0 Å². The highest BCUT2D eigenvalue weighted by Gasteiger charge is 2.18. The number of nitrogens with one attached hydrogen (secondary N) is 2. The summed E-state index contributed by atoms with van der Waals surface area (Å²) in [5, 5.41) is 10.8. The van der Waals surface area contributed by atoms with Gasteiger partial charge in [0.05, 0.1) is 30.3 Å². The number of benzene rings is 1. The summed E-state index contributed by atoms with van der Waals surface area (Å²) in [6, 6.07) is 7.65. The van der Waals surface area contributed by atoms with E-state index in [0.29, 0.717) is 30.7 Å². The van der Waals surface area contributed by atoms with E-state index in [1.54, 1.807) is 10.9 Å². The minimum atomic E-state index is -0.266. The second-order valence-corrected chi connectivity index (χ2v) is 8.70. The van der Waals surface area contributed by atoms with Crippen molar-refractivity contribution in [3.05, 3.63) is 60.6 Å². The van der Waals surface area contributed by atoms with Gasteiger partial charge in [0.2, 0.25) is 11.9 Å². The van der Waals surface area contributed by atoms with Crippen LogP contribution in [0.3, 0.4) is 0 Å².